The molecule has 1 aliphatic rings. The highest BCUT2D eigenvalue weighted by Gasteiger charge is 2.22. The average Bonchev–Trinajstić information content (AvgIpc) is 2.29. The van der Waals surface area contributed by atoms with Crippen molar-refractivity contribution in [1.82, 2.24) is 10.6 Å². The van der Waals surface area contributed by atoms with E-state index in [1.54, 1.807) is 0 Å². The van der Waals surface area contributed by atoms with Crippen molar-refractivity contribution in [2.45, 2.75) is 25.0 Å². The molecule has 98 valence electrons. The minimum absolute atomic E-state index is 0.00481. The van der Waals surface area contributed by atoms with E-state index in [0.717, 1.165) is 6.54 Å². The van der Waals surface area contributed by atoms with Gasteiger partial charge in [-0.2, -0.15) is 0 Å². The van der Waals surface area contributed by atoms with Gasteiger partial charge in [0.05, 0.1) is 19.1 Å². The Kier molecular flexibility index (Phi) is 5.88. The maximum Gasteiger partial charge on any atom is 0.326 e. The van der Waals surface area contributed by atoms with Gasteiger partial charge in [0.1, 0.15) is 6.04 Å². The molecule has 0 saturated carbocycles. The summed E-state index contributed by atoms with van der Waals surface area (Å²) in [5.74, 6) is -1.52. The number of aliphatic hydroxyl groups excluding tert-OH is 1. The molecule has 17 heavy (non-hydrogen) atoms. The zero-order valence-corrected chi connectivity index (χ0v) is 9.52. The molecule has 0 radical (unpaired) electrons. The number of carboxylic acids is 1. The van der Waals surface area contributed by atoms with E-state index in [-0.39, 0.29) is 31.5 Å². The molecule has 1 aliphatic heterocycles. The number of ether oxygens (including phenoxy) is 1. The van der Waals surface area contributed by atoms with Crippen molar-refractivity contribution in [3.8, 4) is 0 Å². The smallest absolute Gasteiger partial charge is 0.326 e. The Hall–Kier alpha value is -1.18. The van der Waals surface area contributed by atoms with Gasteiger partial charge in [-0.15, -0.1) is 0 Å². The summed E-state index contributed by atoms with van der Waals surface area (Å²) < 4.78 is 5.33. The number of rotatable bonds is 6. The predicted octanol–water partition coefficient (Wildman–Crippen LogP) is -1.68. The summed E-state index contributed by atoms with van der Waals surface area (Å²) >= 11 is 0. The fraction of sp³-hybridized carbons (Fsp3) is 0.800. The Morgan fingerprint density at radius 2 is 2.29 bits per heavy atom. The van der Waals surface area contributed by atoms with Gasteiger partial charge in [0.25, 0.3) is 0 Å². The molecule has 1 saturated heterocycles. The number of morpholine rings is 1. The van der Waals surface area contributed by atoms with Crippen molar-refractivity contribution in [1.29, 1.82) is 0 Å². The number of hydrogen-bond acceptors (Lipinski definition) is 5. The van der Waals surface area contributed by atoms with Crippen LogP contribution in [0.25, 0.3) is 0 Å². The maximum absolute atomic E-state index is 11.5. The molecule has 1 heterocycles. The highest BCUT2D eigenvalue weighted by molar-refractivity contribution is 5.83. The van der Waals surface area contributed by atoms with E-state index in [1.165, 1.54) is 0 Å². The molecule has 0 aliphatic carbocycles. The molecule has 0 aromatic rings. The van der Waals surface area contributed by atoms with Gasteiger partial charge >= 0.3 is 5.97 Å². The first-order valence-corrected chi connectivity index (χ1v) is 5.59. The van der Waals surface area contributed by atoms with E-state index < -0.39 is 12.0 Å². The predicted molar refractivity (Wildman–Crippen MR) is 58.5 cm³/mol. The number of amides is 1. The van der Waals surface area contributed by atoms with E-state index in [1.807, 2.05) is 0 Å². The lowest BCUT2D eigenvalue weighted by atomic mass is 10.1. The highest BCUT2D eigenvalue weighted by Crippen LogP contribution is 2.02. The van der Waals surface area contributed by atoms with Crippen molar-refractivity contribution < 1.29 is 24.5 Å². The molecule has 7 heteroatoms. The molecule has 0 spiro atoms. The van der Waals surface area contributed by atoms with Gasteiger partial charge < -0.3 is 25.6 Å². The van der Waals surface area contributed by atoms with Crippen LogP contribution in [0.2, 0.25) is 0 Å². The average molecular weight is 246 g/mol. The van der Waals surface area contributed by atoms with Crippen LogP contribution < -0.4 is 10.6 Å². The lowest BCUT2D eigenvalue weighted by Crippen LogP contribution is -2.45. The SMILES string of the molecule is O=C(CC1CNCCO1)N[C@@H](CCO)C(=O)O. The summed E-state index contributed by atoms with van der Waals surface area (Å²) in [4.78, 5) is 22.3. The molecule has 0 aromatic heterocycles. The zero-order valence-electron chi connectivity index (χ0n) is 9.52. The van der Waals surface area contributed by atoms with E-state index in [9.17, 15) is 9.59 Å². The zero-order chi connectivity index (χ0) is 12.7. The number of nitrogens with one attached hydrogen (secondary N) is 2. The fourth-order valence-corrected chi connectivity index (χ4v) is 1.60. The van der Waals surface area contributed by atoms with E-state index >= 15 is 0 Å². The Bertz CT molecular complexity index is 265. The first kappa shape index (κ1) is 13.9. The second-order valence-electron chi connectivity index (χ2n) is 3.87. The summed E-state index contributed by atoms with van der Waals surface area (Å²) in [6.45, 7) is 1.63. The fourth-order valence-electron chi connectivity index (χ4n) is 1.60. The van der Waals surface area contributed by atoms with E-state index in [4.69, 9.17) is 14.9 Å². The van der Waals surface area contributed by atoms with Crippen LogP contribution in [0.4, 0.5) is 0 Å². The van der Waals surface area contributed by atoms with Crippen LogP contribution in [0.1, 0.15) is 12.8 Å². The summed E-state index contributed by atoms with van der Waals surface area (Å²) in [5.41, 5.74) is 0. The van der Waals surface area contributed by atoms with Gasteiger partial charge in [0, 0.05) is 26.1 Å². The summed E-state index contributed by atoms with van der Waals surface area (Å²) in [5, 5.41) is 22.9. The third-order valence-corrected chi connectivity index (χ3v) is 2.47. The van der Waals surface area contributed by atoms with Gasteiger partial charge in [0.15, 0.2) is 0 Å². The number of aliphatic carboxylic acids is 1. The molecule has 2 atom stereocenters. The van der Waals surface area contributed by atoms with Gasteiger partial charge in [0.2, 0.25) is 5.91 Å². The van der Waals surface area contributed by atoms with E-state index in [0.29, 0.717) is 13.2 Å². The van der Waals surface area contributed by atoms with Crippen molar-refractivity contribution in [3.63, 3.8) is 0 Å². The quantitative estimate of drug-likeness (QED) is 0.446. The molecule has 0 aromatic carbocycles. The molecular weight excluding hydrogens is 228 g/mol. The van der Waals surface area contributed by atoms with Crippen LogP contribution in [0.3, 0.4) is 0 Å². The van der Waals surface area contributed by atoms with Gasteiger partial charge in [-0.3, -0.25) is 4.79 Å². The van der Waals surface area contributed by atoms with Gasteiger partial charge in [-0.05, 0) is 0 Å². The molecule has 0 bridgehead atoms. The largest absolute Gasteiger partial charge is 0.480 e. The first-order valence-electron chi connectivity index (χ1n) is 5.59. The Balaban J connectivity index is 2.33. The number of carboxylic acid groups (broad SMARTS) is 1. The summed E-state index contributed by atoms with van der Waals surface area (Å²) in [6, 6.07) is -1.04. The Labute approximate surface area is 99.1 Å². The van der Waals surface area contributed by atoms with Crippen molar-refractivity contribution >= 4 is 11.9 Å². The number of carbonyl (C=O) groups is 2. The van der Waals surface area contributed by atoms with Crippen LogP contribution in [-0.4, -0.2) is 60.5 Å². The molecular formula is C10H18N2O5. The summed E-state index contributed by atoms with van der Waals surface area (Å²) in [7, 11) is 0. The third-order valence-electron chi connectivity index (χ3n) is 2.47. The number of aliphatic hydroxyl groups is 1. The van der Waals surface area contributed by atoms with Crippen LogP contribution in [0, 0.1) is 0 Å². The number of hydrogen-bond donors (Lipinski definition) is 4. The molecule has 1 unspecified atom stereocenters. The minimum atomic E-state index is -1.14. The molecule has 7 nitrogen and oxygen atoms in total. The molecule has 1 amide bonds. The van der Waals surface area contributed by atoms with Crippen LogP contribution >= 0.6 is 0 Å². The molecule has 1 rings (SSSR count). The third kappa shape index (κ3) is 5.12. The molecule has 4 N–H and O–H groups in total. The van der Waals surface area contributed by atoms with Gasteiger partial charge in [-0.1, -0.05) is 0 Å². The maximum atomic E-state index is 11.5. The number of carbonyl (C=O) groups excluding carboxylic acids is 1. The second kappa shape index (κ2) is 7.21. The lowest BCUT2D eigenvalue weighted by Gasteiger charge is -2.23. The van der Waals surface area contributed by atoms with Crippen molar-refractivity contribution in [2.24, 2.45) is 0 Å². The molecule has 1 fully saturated rings. The Morgan fingerprint density at radius 1 is 1.53 bits per heavy atom. The van der Waals surface area contributed by atoms with Crippen LogP contribution in [0.5, 0.6) is 0 Å². The first-order chi connectivity index (χ1) is 8.13. The minimum Gasteiger partial charge on any atom is -0.480 e. The lowest BCUT2D eigenvalue weighted by molar-refractivity contribution is -0.142. The monoisotopic (exact) mass is 246 g/mol. The van der Waals surface area contributed by atoms with Crippen LogP contribution in [0.15, 0.2) is 0 Å². The van der Waals surface area contributed by atoms with Crippen LogP contribution in [-0.2, 0) is 14.3 Å². The normalized spacial score (nSPS) is 21.8. The van der Waals surface area contributed by atoms with Crippen molar-refractivity contribution in [2.75, 3.05) is 26.3 Å². The Morgan fingerprint density at radius 3 is 2.82 bits per heavy atom. The topological polar surface area (TPSA) is 108 Å². The standard InChI is InChI=1S/C10H18N2O5/c13-3-1-8(10(15)16)12-9(14)5-7-6-11-2-4-17-7/h7-8,11,13H,1-6H2,(H,12,14)(H,15,16)/t7?,8-/m0/s1. The summed E-state index contributed by atoms with van der Waals surface area (Å²) in [6.07, 6.45) is -0.0834. The van der Waals surface area contributed by atoms with E-state index in [2.05, 4.69) is 10.6 Å². The van der Waals surface area contributed by atoms with Crippen molar-refractivity contribution in [3.05, 3.63) is 0 Å². The second-order valence-corrected chi connectivity index (χ2v) is 3.87. The van der Waals surface area contributed by atoms with Gasteiger partial charge in [-0.25, -0.2) is 4.79 Å². The highest BCUT2D eigenvalue weighted by atomic mass is 16.5.